The number of benzene rings is 2. The summed E-state index contributed by atoms with van der Waals surface area (Å²) < 4.78 is 0. The van der Waals surface area contributed by atoms with E-state index in [4.69, 9.17) is 0 Å². The van der Waals surface area contributed by atoms with Crippen molar-refractivity contribution in [3.63, 3.8) is 0 Å². The van der Waals surface area contributed by atoms with Crippen molar-refractivity contribution in [1.82, 2.24) is 19.6 Å². The molecule has 4 fully saturated rings. The molecule has 8 heteroatoms. The van der Waals surface area contributed by atoms with Gasteiger partial charge in [0.1, 0.15) is 0 Å². The fourth-order valence-electron chi connectivity index (χ4n) is 7.61. The molecule has 2 aromatic carbocycles. The molecular weight excluding hydrogens is 550 g/mol. The molecule has 4 heterocycles. The Labute approximate surface area is 262 Å². The molecule has 236 valence electrons. The molecule has 1 N–H and O–H groups in total. The van der Waals surface area contributed by atoms with Crippen LogP contribution in [0.15, 0.2) is 42.5 Å². The van der Waals surface area contributed by atoms with Crippen LogP contribution in [0.2, 0.25) is 0 Å². The van der Waals surface area contributed by atoms with Crippen molar-refractivity contribution in [3.8, 4) is 0 Å². The number of hydrogen-bond donors (Lipinski definition) is 1. The van der Waals surface area contributed by atoms with Crippen molar-refractivity contribution in [3.05, 3.63) is 59.2 Å². The van der Waals surface area contributed by atoms with Crippen LogP contribution in [0.1, 0.15) is 96.3 Å². The smallest absolute Gasteiger partial charge is 0.255 e. The Kier molecular flexibility index (Phi) is 9.67. The highest BCUT2D eigenvalue weighted by Gasteiger charge is 2.31. The molecule has 8 nitrogen and oxygen atoms in total. The maximum absolute atomic E-state index is 13.9. The maximum atomic E-state index is 13.9. The fourth-order valence-corrected chi connectivity index (χ4v) is 7.61. The third-order valence-electron chi connectivity index (χ3n) is 10.3. The van der Waals surface area contributed by atoms with Gasteiger partial charge in [-0.15, -0.1) is 0 Å². The molecule has 6 rings (SSSR count). The van der Waals surface area contributed by atoms with Gasteiger partial charge in [-0.3, -0.25) is 14.4 Å². The van der Waals surface area contributed by atoms with Gasteiger partial charge < -0.3 is 24.9 Å². The summed E-state index contributed by atoms with van der Waals surface area (Å²) in [6.45, 7) is 11.6. The minimum atomic E-state index is -0.0734. The molecule has 2 amide bonds. The average molecular weight is 600 g/mol. The topological polar surface area (TPSA) is 76.2 Å². The fraction of sp³-hybridized carbons (Fsp3) is 0.583. The molecule has 2 aromatic rings. The number of Topliss-reactive ketones (excluding diaryl/α,β-unsaturated/α-hetero) is 1. The Morgan fingerprint density at radius 2 is 1.11 bits per heavy atom. The van der Waals surface area contributed by atoms with Crippen molar-refractivity contribution in [2.45, 2.75) is 77.3 Å². The molecule has 4 aliphatic heterocycles. The van der Waals surface area contributed by atoms with E-state index in [-0.39, 0.29) is 23.5 Å². The Morgan fingerprint density at radius 3 is 1.61 bits per heavy atom. The molecule has 0 radical (unpaired) electrons. The average Bonchev–Trinajstić information content (AvgIpc) is 3.80. The molecule has 0 saturated carbocycles. The van der Waals surface area contributed by atoms with E-state index < -0.39 is 0 Å². The standard InChI is InChI=1S/C36H49N5O3/c1-26(2)34(42)27-7-10-29(11-8-27)37-33-25-28(35(43)40-21-13-30(14-22-40)38-17-3-4-18-38)9-12-32(33)36(44)41-23-15-31(16-24-41)39-19-5-6-20-39/h7-12,25-26,30-31,37H,3-6,13-24H2,1-2H3. The van der Waals surface area contributed by atoms with E-state index in [1.807, 2.05) is 66.1 Å². The Balaban J connectivity index is 1.19. The van der Waals surface area contributed by atoms with Crippen LogP contribution in [0, 0.1) is 5.92 Å². The second kappa shape index (κ2) is 13.8. The van der Waals surface area contributed by atoms with Crippen LogP contribution in [0.25, 0.3) is 0 Å². The zero-order chi connectivity index (χ0) is 30.6. The van der Waals surface area contributed by atoms with Crippen LogP contribution in [-0.2, 0) is 0 Å². The van der Waals surface area contributed by atoms with E-state index in [0.717, 1.165) is 57.5 Å². The van der Waals surface area contributed by atoms with Gasteiger partial charge in [0.05, 0.1) is 11.3 Å². The summed E-state index contributed by atoms with van der Waals surface area (Å²) >= 11 is 0. The van der Waals surface area contributed by atoms with Gasteiger partial charge in [0.2, 0.25) is 0 Å². The molecule has 0 aromatic heterocycles. The highest BCUT2D eigenvalue weighted by molar-refractivity contribution is 6.03. The Morgan fingerprint density at radius 1 is 0.636 bits per heavy atom. The van der Waals surface area contributed by atoms with E-state index in [1.165, 1.54) is 51.9 Å². The van der Waals surface area contributed by atoms with Gasteiger partial charge in [-0.1, -0.05) is 13.8 Å². The first kappa shape index (κ1) is 30.8. The molecule has 0 unspecified atom stereocenters. The first-order chi connectivity index (χ1) is 21.4. The van der Waals surface area contributed by atoms with Crippen molar-refractivity contribution < 1.29 is 14.4 Å². The first-order valence-electron chi connectivity index (χ1n) is 17.0. The predicted molar refractivity (Wildman–Crippen MR) is 175 cm³/mol. The minimum Gasteiger partial charge on any atom is -0.355 e. The summed E-state index contributed by atoms with van der Waals surface area (Å²) in [7, 11) is 0. The lowest BCUT2D eigenvalue weighted by atomic mass is 9.99. The van der Waals surface area contributed by atoms with Crippen LogP contribution in [0.5, 0.6) is 0 Å². The molecule has 0 bridgehead atoms. The molecule has 0 aliphatic carbocycles. The van der Waals surface area contributed by atoms with Crippen LogP contribution < -0.4 is 5.32 Å². The van der Waals surface area contributed by atoms with Gasteiger partial charge in [-0.2, -0.15) is 0 Å². The predicted octanol–water partition coefficient (Wildman–Crippen LogP) is 5.67. The van der Waals surface area contributed by atoms with Crippen molar-refractivity contribution in [2.75, 3.05) is 57.7 Å². The second-order valence-corrected chi connectivity index (χ2v) is 13.5. The quantitative estimate of drug-likeness (QED) is 0.394. The van der Waals surface area contributed by atoms with E-state index in [1.54, 1.807) is 0 Å². The summed E-state index contributed by atoms with van der Waals surface area (Å²) in [5.74, 6) is 0.0576. The van der Waals surface area contributed by atoms with Crippen LogP contribution >= 0.6 is 0 Å². The molecule has 0 spiro atoms. The maximum Gasteiger partial charge on any atom is 0.255 e. The number of nitrogens with one attached hydrogen (secondary N) is 1. The van der Waals surface area contributed by atoms with Gasteiger partial charge in [0, 0.05) is 61.0 Å². The van der Waals surface area contributed by atoms with Crippen LogP contribution in [0.4, 0.5) is 11.4 Å². The van der Waals surface area contributed by atoms with Crippen molar-refractivity contribution in [1.29, 1.82) is 0 Å². The third kappa shape index (κ3) is 6.86. The summed E-state index contributed by atoms with van der Waals surface area (Å²) in [4.78, 5) is 49.3. The minimum absolute atomic E-state index is 0.00408. The number of anilines is 2. The van der Waals surface area contributed by atoms with Crippen LogP contribution in [0.3, 0.4) is 0 Å². The molecule has 0 atom stereocenters. The number of likely N-dealkylation sites (tertiary alicyclic amines) is 4. The zero-order valence-corrected chi connectivity index (χ0v) is 26.6. The van der Waals surface area contributed by atoms with Crippen LogP contribution in [-0.4, -0.2) is 102 Å². The second-order valence-electron chi connectivity index (χ2n) is 13.5. The first-order valence-corrected chi connectivity index (χ1v) is 17.0. The lowest BCUT2D eigenvalue weighted by molar-refractivity contribution is 0.0633. The Bertz CT molecular complexity index is 1310. The van der Waals surface area contributed by atoms with E-state index in [2.05, 4.69) is 15.1 Å². The highest BCUT2D eigenvalue weighted by Crippen LogP contribution is 2.29. The highest BCUT2D eigenvalue weighted by atomic mass is 16.2. The summed E-state index contributed by atoms with van der Waals surface area (Å²) in [5.41, 5.74) is 3.27. The number of ketones is 1. The number of nitrogens with zero attached hydrogens (tertiary/aromatic N) is 4. The van der Waals surface area contributed by atoms with Gasteiger partial charge in [-0.25, -0.2) is 0 Å². The number of carbonyl (C=O) groups excluding carboxylic acids is 3. The molecule has 4 aliphatic rings. The number of amides is 2. The normalized spacial score (nSPS) is 20.9. The zero-order valence-electron chi connectivity index (χ0n) is 26.6. The van der Waals surface area contributed by atoms with E-state index >= 15 is 0 Å². The van der Waals surface area contributed by atoms with Gasteiger partial charge >= 0.3 is 0 Å². The van der Waals surface area contributed by atoms with Gasteiger partial charge in [-0.05, 0) is 120 Å². The van der Waals surface area contributed by atoms with Gasteiger partial charge in [0.25, 0.3) is 11.8 Å². The third-order valence-corrected chi connectivity index (χ3v) is 10.3. The van der Waals surface area contributed by atoms with Crippen molar-refractivity contribution in [2.24, 2.45) is 5.92 Å². The lowest BCUT2D eigenvalue weighted by Gasteiger charge is -2.37. The van der Waals surface area contributed by atoms with Gasteiger partial charge in [0.15, 0.2) is 5.78 Å². The van der Waals surface area contributed by atoms with Crippen molar-refractivity contribution >= 4 is 29.0 Å². The SMILES string of the molecule is CC(C)C(=O)c1ccc(Nc2cc(C(=O)N3CCC(N4CCCC4)CC3)ccc2C(=O)N2CCC(N3CCCC3)CC2)cc1. The summed E-state index contributed by atoms with van der Waals surface area (Å²) in [6.07, 6.45) is 9.17. The molecular formula is C36H49N5O3. The number of hydrogen-bond acceptors (Lipinski definition) is 6. The summed E-state index contributed by atoms with van der Waals surface area (Å²) in [6, 6.07) is 14.1. The number of carbonyl (C=O) groups is 3. The monoisotopic (exact) mass is 599 g/mol. The summed E-state index contributed by atoms with van der Waals surface area (Å²) in [5, 5.41) is 3.44. The lowest BCUT2D eigenvalue weighted by Crippen LogP contribution is -2.46. The number of piperidine rings is 2. The largest absolute Gasteiger partial charge is 0.355 e. The molecule has 44 heavy (non-hydrogen) atoms. The Hall–Kier alpha value is -3.23. The van der Waals surface area contributed by atoms with E-state index in [0.29, 0.717) is 34.5 Å². The van der Waals surface area contributed by atoms with E-state index in [9.17, 15) is 14.4 Å². The molecule has 4 saturated heterocycles. The number of rotatable bonds is 8.